The lowest BCUT2D eigenvalue weighted by atomic mass is 10.1. The van der Waals surface area contributed by atoms with Crippen LogP contribution in [0.25, 0.3) is 0 Å². The molecule has 2 rings (SSSR count). The van der Waals surface area contributed by atoms with Crippen molar-refractivity contribution in [3.8, 4) is 6.07 Å². The van der Waals surface area contributed by atoms with Crippen LogP contribution in [0.5, 0.6) is 0 Å². The highest BCUT2D eigenvalue weighted by Gasteiger charge is 2.14. The van der Waals surface area contributed by atoms with Crippen molar-refractivity contribution in [1.82, 2.24) is 0 Å². The van der Waals surface area contributed by atoms with Gasteiger partial charge in [-0.25, -0.2) is 8.78 Å². The molecule has 0 radical (unpaired) electrons. The first kappa shape index (κ1) is 14.4. The lowest BCUT2D eigenvalue weighted by Gasteiger charge is -2.08. The van der Waals surface area contributed by atoms with E-state index < -0.39 is 16.6 Å². The molecule has 0 unspecified atom stereocenters. The second kappa shape index (κ2) is 5.96. The van der Waals surface area contributed by atoms with Gasteiger partial charge < -0.3 is 5.32 Å². The van der Waals surface area contributed by atoms with Crippen molar-refractivity contribution in [2.75, 3.05) is 5.32 Å². The van der Waals surface area contributed by atoms with Crippen LogP contribution in [-0.4, -0.2) is 4.92 Å². The minimum atomic E-state index is -0.721. The second-order valence-corrected chi connectivity index (χ2v) is 4.23. The highest BCUT2D eigenvalue weighted by molar-refractivity contribution is 5.64. The number of nitrogens with zero attached hydrogens (tertiary/aromatic N) is 2. The molecule has 0 amide bonds. The molecule has 5 nitrogen and oxygen atoms in total. The minimum absolute atomic E-state index is 0.0153. The molecule has 0 aromatic heterocycles. The molecule has 0 bridgehead atoms. The van der Waals surface area contributed by atoms with Crippen LogP contribution in [-0.2, 0) is 6.54 Å². The summed E-state index contributed by atoms with van der Waals surface area (Å²) in [4.78, 5) is 10.3. The molecule has 7 heteroatoms. The van der Waals surface area contributed by atoms with E-state index in [0.717, 1.165) is 24.3 Å². The van der Waals surface area contributed by atoms with E-state index in [0.29, 0.717) is 5.56 Å². The Bertz CT molecular complexity index is 721. The molecule has 0 spiro atoms. The van der Waals surface area contributed by atoms with Gasteiger partial charge in [-0.05, 0) is 29.8 Å². The highest BCUT2D eigenvalue weighted by atomic mass is 19.1. The Morgan fingerprint density at radius 2 is 1.86 bits per heavy atom. The van der Waals surface area contributed by atoms with E-state index in [1.807, 2.05) is 0 Å². The summed E-state index contributed by atoms with van der Waals surface area (Å²) in [5.74, 6) is -1.44. The number of rotatable bonds is 4. The molecule has 0 aliphatic heterocycles. The number of benzene rings is 2. The third-order valence-electron chi connectivity index (χ3n) is 2.73. The maximum absolute atomic E-state index is 13.0. The minimum Gasteiger partial charge on any atom is -0.375 e. The average Bonchev–Trinajstić information content (AvgIpc) is 2.43. The number of hydrogen-bond donors (Lipinski definition) is 1. The van der Waals surface area contributed by atoms with E-state index in [2.05, 4.69) is 5.32 Å². The Morgan fingerprint density at radius 1 is 1.19 bits per heavy atom. The van der Waals surface area contributed by atoms with E-state index in [-0.39, 0.29) is 23.5 Å². The Labute approximate surface area is 118 Å². The fraction of sp³-hybridized carbons (Fsp3) is 0.0714. The largest absolute Gasteiger partial charge is 0.375 e. The van der Waals surface area contributed by atoms with Crippen molar-refractivity contribution in [3.05, 3.63) is 69.3 Å². The molecule has 1 N–H and O–H groups in total. The van der Waals surface area contributed by atoms with Gasteiger partial charge in [0.25, 0.3) is 5.69 Å². The van der Waals surface area contributed by atoms with Crippen LogP contribution in [0.2, 0.25) is 0 Å². The van der Waals surface area contributed by atoms with E-state index in [9.17, 15) is 18.9 Å². The van der Waals surface area contributed by atoms with Gasteiger partial charge in [0, 0.05) is 18.7 Å². The standard InChI is InChI=1S/C14H9F2N3O2/c15-11-3-10(4-12(16)6-11)8-18-13-2-1-9(7-17)5-14(13)19(20)21/h1-6,18H,8H2. The molecule has 0 aliphatic rings. The molecule has 0 saturated heterocycles. The number of nitriles is 1. The first-order valence-corrected chi connectivity index (χ1v) is 5.87. The quantitative estimate of drug-likeness (QED) is 0.691. The molecular weight excluding hydrogens is 280 g/mol. The molecule has 21 heavy (non-hydrogen) atoms. The second-order valence-electron chi connectivity index (χ2n) is 4.23. The van der Waals surface area contributed by atoms with Crippen LogP contribution >= 0.6 is 0 Å². The molecule has 0 saturated carbocycles. The third-order valence-corrected chi connectivity index (χ3v) is 2.73. The maximum Gasteiger partial charge on any atom is 0.293 e. The number of nitrogens with one attached hydrogen (secondary N) is 1. The Balaban J connectivity index is 2.23. The molecule has 2 aromatic rings. The van der Waals surface area contributed by atoms with Gasteiger partial charge >= 0.3 is 0 Å². The van der Waals surface area contributed by atoms with Gasteiger partial charge in [-0.2, -0.15) is 5.26 Å². The van der Waals surface area contributed by atoms with Crippen molar-refractivity contribution in [1.29, 1.82) is 5.26 Å². The zero-order valence-electron chi connectivity index (χ0n) is 10.6. The van der Waals surface area contributed by atoms with Crippen molar-refractivity contribution in [3.63, 3.8) is 0 Å². The third kappa shape index (κ3) is 3.51. The summed E-state index contributed by atoms with van der Waals surface area (Å²) >= 11 is 0. The molecule has 2 aromatic carbocycles. The Morgan fingerprint density at radius 3 is 2.43 bits per heavy atom. The lowest BCUT2D eigenvalue weighted by molar-refractivity contribution is -0.384. The average molecular weight is 289 g/mol. The van der Waals surface area contributed by atoms with E-state index >= 15 is 0 Å². The molecule has 0 atom stereocenters. The molecule has 0 heterocycles. The fourth-order valence-electron chi connectivity index (χ4n) is 1.81. The number of halogens is 2. The summed E-state index contributed by atoms with van der Waals surface area (Å²) in [6.07, 6.45) is 0. The van der Waals surface area contributed by atoms with Crippen molar-refractivity contribution >= 4 is 11.4 Å². The summed E-state index contributed by atoms with van der Waals surface area (Å²) in [5.41, 5.74) is 0.366. The zero-order chi connectivity index (χ0) is 15.4. The van der Waals surface area contributed by atoms with Crippen LogP contribution in [0.15, 0.2) is 36.4 Å². The molecule has 0 fully saturated rings. The number of nitro benzene ring substituents is 1. The van der Waals surface area contributed by atoms with E-state index in [4.69, 9.17) is 5.26 Å². The summed E-state index contributed by atoms with van der Waals surface area (Å²) in [7, 11) is 0. The normalized spacial score (nSPS) is 9.95. The molecular formula is C14H9F2N3O2. The summed E-state index contributed by atoms with van der Waals surface area (Å²) < 4.78 is 26.1. The predicted octanol–water partition coefficient (Wildman–Crippen LogP) is 3.36. The van der Waals surface area contributed by atoms with Gasteiger partial charge in [0.05, 0.1) is 16.6 Å². The zero-order valence-corrected chi connectivity index (χ0v) is 10.6. The smallest absolute Gasteiger partial charge is 0.293 e. The van der Waals surface area contributed by atoms with Gasteiger partial charge in [0.2, 0.25) is 0 Å². The topological polar surface area (TPSA) is 79.0 Å². The van der Waals surface area contributed by atoms with Gasteiger partial charge in [0.1, 0.15) is 17.3 Å². The first-order chi connectivity index (χ1) is 9.99. The van der Waals surface area contributed by atoms with Gasteiger partial charge in [-0.3, -0.25) is 10.1 Å². The van der Waals surface area contributed by atoms with Crippen LogP contribution in [0.3, 0.4) is 0 Å². The monoisotopic (exact) mass is 289 g/mol. The van der Waals surface area contributed by atoms with Gasteiger partial charge in [-0.1, -0.05) is 0 Å². The van der Waals surface area contributed by atoms with Crippen molar-refractivity contribution in [2.45, 2.75) is 6.54 Å². The van der Waals surface area contributed by atoms with Gasteiger partial charge in [0.15, 0.2) is 0 Å². The predicted molar refractivity (Wildman–Crippen MR) is 71.5 cm³/mol. The van der Waals surface area contributed by atoms with Crippen LogP contribution in [0.1, 0.15) is 11.1 Å². The molecule has 0 aliphatic carbocycles. The number of hydrogen-bond acceptors (Lipinski definition) is 4. The lowest BCUT2D eigenvalue weighted by Crippen LogP contribution is -2.03. The summed E-state index contributed by atoms with van der Waals surface area (Å²) in [5, 5.41) is 22.4. The number of nitro groups is 1. The van der Waals surface area contributed by atoms with Crippen LogP contribution < -0.4 is 5.32 Å². The fourth-order valence-corrected chi connectivity index (χ4v) is 1.81. The van der Waals surface area contributed by atoms with Crippen molar-refractivity contribution in [2.24, 2.45) is 0 Å². The summed E-state index contributed by atoms with van der Waals surface area (Å²) in [6.45, 7) is 0.0153. The summed E-state index contributed by atoms with van der Waals surface area (Å²) in [6, 6.07) is 8.74. The van der Waals surface area contributed by atoms with Crippen LogP contribution in [0.4, 0.5) is 20.2 Å². The highest BCUT2D eigenvalue weighted by Crippen LogP contribution is 2.26. The SMILES string of the molecule is N#Cc1ccc(NCc2cc(F)cc(F)c2)c([N+](=O)[O-])c1. The van der Waals surface area contributed by atoms with Crippen LogP contribution in [0, 0.1) is 33.1 Å². The van der Waals surface area contributed by atoms with Gasteiger partial charge in [-0.15, -0.1) is 0 Å². The maximum atomic E-state index is 13.0. The van der Waals surface area contributed by atoms with Crippen molar-refractivity contribution < 1.29 is 13.7 Å². The Kier molecular flexibility index (Phi) is 4.09. The molecule has 106 valence electrons. The van der Waals surface area contributed by atoms with E-state index in [1.165, 1.54) is 12.1 Å². The first-order valence-electron chi connectivity index (χ1n) is 5.87. The Hall–Kier alpha value is -3.01. The van der Waals surface area contributed by atoms with E-state index in [1.54, 1.807) is 6.07 Å². The number of anilines is 1.